The Labute approximate surface area is 194 Å². The first-order chi connectivity index (χ1) is 15.4. The summed E-state index contributed by atoms with van der Waals surface area (Å²) in [5.74, 6) is -0.870. The quantitative estimate of drug-likeness (QED) is 0.274. The summed E-state index contributed by atoms with van der Waals surface area (Å²) in [5.41, 5.74) is 2.62. The van der Waals surface area contributed by atoms with E-state index < -0.39 is 12.6 Å². The Morgan fingerprint density at radius 3 is 2.38 bits per heavy atom. The van der Waals surface area contributed by atoms with Gasteiger partial charge in [-0.2, -0.15) is 0 Å². The van der Waals surface area contributed by atoms with E-state index in [-0.39, 0.29) is 11.6 Å². The summed E-state index contributed by atoms with van der Waals surface area (Å²) in [6, 6.07) is 21.1. The van der Waals surface area contributed by atoms with E-state index in [0.717, 1.165) is 11.1 Å². The fourth-order valence-corrected chi connectivity index (χ4v) is 3.38. The van der Waals surface area contributed by atoms with Crippen molar-refractivity contribution in [1.82, 2.24) is 14.8 Å². The van der Waals surface area contributed by atoms with Crippen molar-refractivity contribution in [2.45, 2.75) is 6.92 Å². The summed E-state index contributed by atoms with van der Waals surface area (Å²) in [6.07, 6.45) is 0. The Hall–Kier alpha value is -3.48. The molecule has 0 atom stereocenters. The van der Waals surface area contributed by atoms with Crippen molar-refractivity contribution in [2.75, 3.05) is 6.61 Å². The van der Waals surface area contributed by atoms with Gasteiger partial charge in [0.15, 0.2) is 18.2 Å². The maximum Gasteiger partial charge on any atom is 0.378 e. The number of rotatable bonds is 6. The molecule has 0 unspecified atom stereocenters. The van der Waals surface area contributed by atoms with Crippen LogP contribution in [0, 0.1) is 6.92 Å². The van der Waals surface area contributed by atoms with Crippen LogP contribution in [0.15, 0.2) is 72.8 Å². The van der Waals surface area contributed by atoms with Gasteiger partial charge in [0, 0.05) is 21.2 Å². The van der Waals surface area contributed by atoms with Crippen LogP contribution < -0.4 is 0 Å². The van der Waals surface area contributed by atoms with Gasteiger partial charge in [0.1, 0.15) is 0 Å². The number of ether oxygens (including phenoxy) is 1. The maximum absolute atomic E-state index is 12.7. The topological polar surface area (TPSA) is 74.1 Å². The Bertz CT molecular complexity index is 1290. The molecule has 0 spiro atoms. The molecule has 0 N–H and O–H groups in total. The number of carbonyl (C=O) groups is 2. The Kier molecular flexibility index (Phi) is 6.35. The third-order valence-electron chi connectivity index (χ3n) is 4.79. The predicted octanol–water partition coefficient (Wildman–Crippen LogP) is 5.59. The van der Waals surface area contributed by atoms with E-state index in [1.807, 2.05) is 43.3 Å². The lowest BCUT2D eigenvalue weighted by Crippen LogP contribution is -2.15. The SMILES string of the molecule is Cc1c(Cl)cccc1-n1nc(C(=O)OCC(=O)c2ccc(Cl)cc2)nc1-c1ccccc1. The monoisotopic (exact) mass is 465 g/mol. The second-order valence-electron chi connectivity index (χ2n) is 6.93. The summed E-state index contributed by atoms with van der Waals surface area (Å²) in [7, 11) is 0. The zero-order chi connectivity index (χ0) is 22.7. The van der Waals surface area contributed by atoms with Gasteiger partial charge in [-0.15, -0.1) is 5.10 Å². The standard InChI is InChI=1S/C24H17Cl2N3O3/c1-15-19(26)8-5-9-20(15)29-23(17-6-3-2-4-7-17)27-22(28-29)24(31)32-14-21(30)16-10-12-18(25)13-11-16/h2-13H,14H2,1H3. The first kappa shape index (κ1) is 21.7. The second kappa shape index (κ2) is 9.34. The van der Waals surface area contributed by atoms with E-state index in [2.05, 4.69) is 10.1 Å². The summed E-state index contributed by atoms with van der Waals surface area (Å²) >= 11 is 12.1. The van der Waals surface area contributed by atoms with Gasteiger partial charge in [-0.05, 0) is 48.9 Å². The second-order valence-corrected chi connectivity index (χ2v) is 7.77. The Balaban J connectivity index is 1.63. The molecule has 1 aromatic heterocycles. The van der Waals surface area contributed by atoms with Gasteiger partial charge in [-0.3, -0.25) is 4.79 Å². The number of carbonyl (C=O) groups excluding carboxylic acids is 2. The molecule has 0 aliphatic carbocycles. The number of esters is 1. The number of aromatic nitrogens is 3. The van der Waals surface area contributed by atoms with Crippen molar-refractivity contribution in [3.05, 3.63) is 99.8 Å². The van der Waals surface area contributed by atoms with Gasteiger partial charge >= 0.3 is 5.97 Å². The number of nitrogens with zero attached hydrogens (tertiary/aromatic N) is 3. The van der Waals surface area contributed by atoms with Crippen LogP contribution in [0.2, 0.25) is 10.0 Å². The van der Waals surface area contributed by atoms with E-state index in [9.17, 15) is 9.59 Å². The molecular formula is C24H17Cl2N3O3. The Morgan fingerprint density at radius 2 is 1.66 bits per heavy atom. The van der Waals surface area contributed by atoms with Crippen LogP contribution in [0.3, 0.4) is 0 Å². The molecule has 0 saturated carbocycles. The van der Waals surface area contributed by atoms with Crippen molar-refractivity contribution in [1.29, 1.82) is 0 Å². The molecule has 0 amide bonds. The molecule has 0 fully saturated rings. The lowest BCUT2D eigenvalue weighted by atomic mass is 10.1. The molecule has 3 aromatic carbocycles. The summed E-state index contributed by atoms with van der Waals surface area (Å²) in [5, 5.41) is 5.44. The third-order valence-corrected chi connectivity index (χ3v) is 5.45. The van der Waals surface area contributed by atoms with E-state index >= 15 is 0 Å². The molecule has 0 saturated heterocycles. The van der Waals surface area contributed by atoms with Crippen LogP contribution in [0.1, 0.15) is 26.5 Å². The summed E-state index contributed by atoms with van der Waals surface area (Å²) < 4.78 is 6.73. The van der Waals surface area contributed by atoms with Gasteiger partial charge in [-0.1, -0.05) is 59.6 Å². The molecule has 160 valence electrons. The van der Waals surface area contributed by atoms with Crippen molar-refractivity contribution in [3.63, 3.8) is 0 Å². The fraction of sp³-hybridized carbons (Fsp3) is 0.0833. The summed E-state index contributed by atoms with van der Waals surface area (Å²) in [6.45, 7) is 1.42. The molecular weight excluding hydrogens is 449 g/mol. The van der Waals surface area contributed by atoms with E-state index in [1.165, 1.54) is 0 Å². The van der Waals surface area contributed by atoms with Gasteiger partial charge in [-0.25, -0.2) is 14.5 Å². The van der Waals surface area contributed by atoms with Gasteiger partial charge in [0.05, 0.1) is 5.69 Å². The minimum atomic E-state index is -0.803. The van der Waals surface area contributed by atoms with Crippen molar-refractivity contribution >= 4 is 35.0 Å². The number of Topliss-reactive ketones (excluding diaryl/α,β-unsaturated/α-hetero) is 1. The lowest BCUT2D eigenvalue weighted by molar-refractivity contribution is 0.0462. The first-order valence-electron chi connectivity index (χ1n) is 9.68. The van der Waals surface area contributed by atoms with Crippen molar-refractivity contribution < 1.29 is 14.3 Å². The molecule has 8 heteroatoms. The number of ketones is 1. The highest BCUT2D eigenvalue weighted by atomic mass is 35.5. The molecule has 1 heterocycles. The van der Waals surface area contributed by atoms with Crippen LogP contribution in [0.5, 0.6) is 0 Å². The largest absolute Gasteiger partial charge is 0.451 e. The van der Waals surface area contributed by atoms with Gasteiger partial charge < -0.3 is 4.74 Å². The zero-order valence-electron chi connectivity index (χ0n) is 17.0. The molecule has 0 aliphatic heterocycles. The van der Waals surface area contributed by atoms with E-state index in [4.69, 9.17) is 27.9 Å². The Morgan fingerprint density at radius 1 is 0.938 bits per heavy atom. The van der Waals surface area contributed by atoms with Crippen molar-refractivity contribution in [2.24, 2.45) is 0 Å². The molecule has 0 radical (unpaired) electrons. The highest BCUT2D eigenvalue weighted by Gasteiger charge is 2.22. The van der Waals surface area contributed by atoms with Crippen LogP contribution in [0.4, 0.5) is 0 Å². The lowest BCUT2D eigenvalue weighted by Gasteiger charge is -2.10. The highest BCUT2D eigenvalue weighted by molar-refractivity contribution is 6.31. The van der Waals surface area contributed by atoms with Crippen LogP contribution in [0.25, 0.3) is 17.1 Å². The number of hydrogen-bond donors (Lipinski definition) is 0. The average Bonchev–Trinajstić information content (AvgIpc) is 3.25. The maximum atomic E-state index is 12.7. The first-order valence-corrected chi connectivity index (χ1v) is 10.4. The number of benzene rings is 3. The molecule has 0 aliphatic rings. The van der Waals surface area contributed by atoms with Gasteiger partial charge in [0.2, 0.25) is 0 Å². The third kappa shape index (κ3) is 4.56. The van der Waals surface area contributed by atoms with Crippen LogP contribution in [-0.2, 0) is 4.74 Å². The molecule has 0 bridgehead atoms. The minimum Gasteiger partial charge on any atom is -0.451 e. The smallest absolute Gasteiger partial charge is 0.378 e. The predicted molar refractivity (Wildman–Crippen MR) is 123 cm³/mol. The van der Waals surface area contributed by atoms with Crippen molar-refractivity contribution in [3.8, 4) is 17.1 Å². The van der Waals surface area contributed by atoms with E-state index in [1.54, 1.807) is 41.1 Å². The number of halogens is 2. The summed E-state index contributed by atoms with van der Waals surface area (Å²) in [4.78, 5) is 29.4. The van der Waals surface area contributed by atoms with Crippen LogP contribution >= 0.6 is 23.2 Å². The van der Waals surface area contributed by atoms with E-state index in [0.29, 0.717) is 27.1 Å². The average molecular weight is 466 g/mol. The zero-order valence-corrected chi connectivity index (χ0v) is 18.5. The highest BCUT2D eigenvalue weighted by Crippen LogP contribution is 2.26. The molecule has 32 heavy (non-hydrogen) atoms. The molecule has 4 rings (SSSR count). The fourth-order valence-electron chi connectivity index (χ4n) is 3.08. The minimum absolute atomic E-state index is 0.160. The molecule has 6 nitrogen and oxygen atoms in total. The normalized spacial score (nSPS) is 10.7. The number of hydrogen-bond acceptors (Lipinski definition) is 5. The van der Waals surface area contributed by atoms with Gasteiger partial charge in [0.25, 0.3) is 5.82 Å². The molecule has 4 aromatic rings. The van der Waals surface area contributed by atoms with Crippen LogP contribution in [-0.4, -0.2) is 33.1 Å².